The third-order valence-electron chi connectivity index (χ3n) is 9.61. The van der Waals surface area contributed by atoms with E-state index in [4.69, 9.17) is 9.47 Å². The average molecular weight is 417 g/mol. The van der Waals surface area contributed by atoms with Gasteiger partial charge in [0.1, 0.15) is 11.7 Å². The Morgan fingerprint density at radius 1 is 1.27 bits per heavy atom. The predicted molar refractivity (Wildman–Crippen MR) is 112 cm³/mol. The summed E-state index contributed by atoms with van der Waals surface area (Å²) >= 11 is 0. The van der Waals surface area contributed by atoms with E-state index >= 15 is 0 Å². The van der Waals surface area contributed by atoms with Crippen LogP contribution in [0.1, 0.15) is 65.7 Å². The minimum atomic E-state index is -1.04. The second kappa shape index (κ2) is 7.16. The number of hydrogen-bond acceptors (Lipinski definition) is 4. The van der Waals surface area contributed by atoms with E-state index in [1.807, 2.05) is 0 Å². The lowest BCUT2D eigenvalue weighted by Crippen LogP contribution is -2.58. The molecule has 166 valence electrons. The third kappa shape index (κ3) is 2.42. The van der Waals surface area contributed by atoms with Gasteiger partial charge >= 0.3 is 5.97 Å². The highest BCUT2D eigenvalue weighted by atomic mass is 16.7. The number of carbonyl (C=O) groups is 2. The molecule has 4 bridgehead atoms. The monoisotopic (exact) mass is 416 g/mol. The molecule has 0 spiro atoms. The van der Waals surface area contributed by atoms with E-state index in [-0.39, 0.29) is 30.0 Å². The Balaban J connectivity index is 1.58. The zero-order valence-corrected chi connectivity index (χ0v) is 18.6. The van der Waals surface area contributed by atoms with Crippen LogP contribution in [0.25, 0.3) is 0 Å². The SMILES string of the molecule is CC(C)C1=C(COC2CCCCO2)C2CC3(C=O)C4CCC(C)C4CC2C13C(=O)O. The molecule has 5 nitrogen and oxygen atoms in total. The smallest absolute Gasteiger partial charge is 0.315 e. The van der Waals surface area contributed by atoms with Crippen molar-refractivity contribution in [3.63, 3.8) is 0 Å². The van der Waals surface area contributed by atoms with Gasteiger partial charge in [0.25, 0.3) is 0 Å². The molecule has 5 rings (SSSR count). The van der Waals surface area contributed by atoms with Crippen LogP contribution in [0.15, 0.2) is 11.1 Å². The van der Waals surface area contributed by atoms with Gasteiger partial charge in [-0.25, -0.2) is 0 Å². The highest BCUT2D eigenvalue weighted by Gasteiger charge is 2.79. The van der Waals surface area contributed by atoms with Crippen LogP contribution in [0.3, 0.4) is 0 Å². The first-order valence-corrected chi connectivity index (χ1v) is 12.0. The minimum absolute atomic E-state index is 0.0327. The van der Waals surface area contributed by atoms with Gasteiger partial charge in [0.15, 0.2) is 6.29 Å². The van der Waals surface area contributed by atoms with E-state index in [0.717, 1.165) is 57.0 Å². The van der Waals surface area contributed by atoms with Gasteiger partial charge in [-0.1, -0.05) is 27.2 Å². The van der Waals surface area contributed by atoms with Gasteiger partial charge in [0, 0.05) is 12.0 Å². The Morgan fingerprint density at radius 3 is 2.70 bits per heavy atom. The molecule has 0 aromatic heterocycles. The summed E-state index contributed by atoms with van der Waals surface area (Å²) in [6.07, 6.45) is 7.75. The van der Waals surface area contributed by atoms with Crippen molar-refractivity contribution in [1.82, 2.24) is 0 Å². The molecule has 3 saturated carbocycles. The van der Waals surface area contributed by atoms with Crippen LogP contribution >= 0.6 is 0 Å². The summed E-state index contributed by atoms with van der Waals surface area (Å²) in [7, 11) is 0. The summed E-state index contributed by atoms with van der Waals surface area (Å²) in [5.74, 6) is 0.782. The molecule has 1 saturated heterocycles. The van der Waals surface area contributed by atoms with Gasteiger partial charge in [-0.15, -0.1) is 0 Å². The molecule has 1 heterocycles. The first kappa shape index (κ1) is 20.7. The average Bonchev–Trinajstić information content (AvgIpc) is 3.30. The van der Waals surface area contributed by atoms with Crippen LogP contribution in [-0.2, 0) is 19.1 Å². The number of carboxylic acids is 1. The van der Waals surface area contributed by atoms with Gasteiger partial charge < -0.3 is 19.4 Å². The molecule has 5 aliphatic rings. The van der Waals surface area contributed by atoms with E-state index in [1.165, 1.54) is 5.57 Å². The van der Waals surface area contributed by atoms with Crippen molar-refractivity contribution in [2.45, 2.75) is 72.0 Å². The Bertz CT molecular complexity index is 766. The maximum absolute atomic E-state index is 13.1. The number of carbonyl (C=O) groups excluding carboxylic acids is 1. The van der Waals surface area contributed by atoms with Gasteiger partial charge in [-0.05, 0) is 85.2 Å². The topological polar surface area (TPSA) is 72.8 Å². The Kier molecular flexibility index (Phi) is 4.94. The zero-order chi connectivity index (χ0) is 21.3. The van der Waals surface area contributed by atoms with Crippen molar-refractivity contribution < 1.29 is 24.2 Å². The normalized spacial score (nSPS) is 47.1. The van der Waals surface area contributed by atoms with Crippen molar-refractivity contribution in [2.24, 2.45) is 46.3 Å². The fourth-order valence-corrected chi connectivity index (χ4v) is 8.70. The van der Waals surface area contributed by atoms with Crippen molar-refractivity contribution >= 4 is 12.3 Å². The molecule has 0 radical (unpaired) electrons. The lowest BCUT2D eigenvalue weighted by molar-refractivity contribution is -0.169. The van der Waals surface area contributed by atoms with E-state index in [9.17, 15) is 14.7 Å². The number of ether oxygens (including phenoxy) is 2. The molecule has 5 heteroatoms. The molecular formula is C25H36O5. The van der Waals surface area contributed by atoms with Gasteiger partial charge in [0.2, 0.25) is 0 Å². The number of hydrogen-bond donors (Lipinski definition) is 1. The third-order valence-corrected chi connectivity index (χ3v) is 9.61. The van der Waals surface area contributed by atoms with Crippen LogP contribution in [0, 0.1) is 46.3 Å². The molecule has 4 fully saturated rings. The summed E-state index contributed by atoms with van der Waals surface area (Å²) in [6.45, 7) is 7.68. The fourth-order valence-electron chi connectivity index (χ4n) is 8.70. The van der Waals surface area contributed by atoms with Gasteiger partial charge in [-0.3, -0.25) is 4.79 Å². The quantitative estimate of drug-likeness (QED) is 0.511. The summed E-state index contributed by atoms with van der Waals surface area (Å²) in [6, 6.07) is 0. The van der Waals surface area contributed by atoms with E-state index < -0.39 is 16.8 Å². The molecular weight excluding hydrogens is 380 g/mol. The molecule has 0 aromatic rings. The number of aldehydes is 1. The number of carboxylic acid groups (broad SMARTS) is 1. The largest absolute Gasteiger partial charge is 0.481 e. The molecule has 30 heavy (non-hydrogen) atoms. The van der Waals surface area contributed by atoms with Crippen LogP contribution in [0.5, 0.6) is 0 Å². The van der Waals surface area contributed by atoms with Crippen molar-refractivity contribution in [3.05, 3.63) is 11.1 Å². The van der Waals surface area contributed by atoms with E-state index in [0.29, 0.717) is 24.9 Å². The Hall–Kier alpha value is -1.20. The predicted octanol–water partition coefficient (Wildman–Crippen LogP) is 4.45. The standard InChI is InChI=1S/C25H36O5/c1-14(2)22-18(12-30-21-6-4-5-9-29-21)17-11-24(13-26)19-8-7-15(3)16(19)10-20(17)25(22,24)23(27)28/h13-17,19-21H,4-12H2,1-3H3,(H,27,28). The van der Waals surface area contributed by atoms with E-state index in [2.05, 4.69) is 20.8 Å². The Morgan fingerprint density at radius 2 is 2.07 bits per heavy atom. The van der Waals surface area contributed by atoms with Crippen molar-refractivity contribution in [2.75, 3.05) is 13.2 Å². The molecule has 8 atom stereocenters. The van der Waals surface area contributed by atoms with Gasteiger partial charge in [-0.2, -0.15) is 0 Å². The minimum Gasteiger partial charge on any atom is -0.481 e. The lowest BCUT2D eigenvalue weighted by atomic mass is 9.47. The van der Waals surface area contributed by atoms with E-state index in [1.54, 1.807) is 0 Å². The lowest BCUT2D eigenvalue weighted by Gasteiger charge is -2.54. The summed E-state index contributed by atoms with van der Waals surface area (Å²) in [4.78, 5) is 26.0. The van der Waals surface area contributed by atoms with Crippen molar-refractivity contribution in [1.29, 1.82) is 0 Å². The molecule has 1 N–H and O–H groups in total. The van der Waals surface area contributed by atoms with Crippen LogP contribution in [0.4, 0.5) is 0 Å². The maximum atomic E-state index is 13.1. The van der Waals surface area contributed by atoms with Crippen LogP contribution in [0.2, 0.25) is 0 Å². The highest BCUT2D eigenvalue weighted by Crippen LogP contribution is 2.79. The van der Waals surface area contributed by atoms with Gasteiger partial charge in [0.05, 0.1) is 6.61 Å². The molecule has 1 aliphatic heterocycles. The molecule has 4 aliphatic carbocycles. The fraction of sp³-hybridized carbons (Fsp3) is 0.840. The molecule has 8 unspecified atom stereocenters. The maximum Gasteiger partial charge on any atom is 0.315 e. The Labute approximate surface area is 179 Å². The summed E-state index contributed by atoms with van der Waals surface area (Å²) in [5.41, 5.74) is 0.408. The summed E-state index contributed by atoms with van der Waals surface area (Å²) < 4.78 is 12.0. The van der Waals surface area contributed by atoms with Crippen LogP contribution in [-0.4, -0.2) is 36.9 Å². The number of fused-ring (bicyclic) bond motifs is 2. The second-order valence-electron chi connectivity index (χ2n) is 10.9. The zero-order valence-electron chi connectivity index (χ0n) is 18.6. The first-order valence-electron chi connectivity index (χ1n) is 12.0. The second-order valence-corrected chi connectivity index (χ2v) is 10.9. The molecule has 0 amide bonds. The van der Waals surface area contributed by atoms with Crippen LogP contribution < -0.4 is 0 Å². The number of rotatable bonds is 6. The summed E-state index contributed by atoms with van der Waals surface area (Å²) in [5, 5.41) is 10.8. The molecule has 0 aromatic carbocycles. The number of aliphatic carboxylic acids is 1. The van der Waals surface area contributed by atoms with Crippen molar-refractivity contribution in [3.8, 4) is 0 Å². The highest BCUT2D eigenvalue weighted by molar-refractivity contribution is 5.90. The first-order chi connectivity index (χ1) is 14.4.